The van der Waals surface area contributed by atoms with E-state index in [0.29, 0.717) is 30.6 Å². The van der Waals surface area contributed by atoms with E-state index in [1.807, 2.05) is 12.1 Å². The maximum absolute atomic E-state index is 11.7. The molecule has 0 amide bonds. The quantitative estimate of drug-likeness (QED) is 0.844. The Morgan fingerprint density at radius 1 is 1.29 bits per heavy atom. The summed E-state index contributed by atoms with van der Waals surface area (Å²) in [5.41, 5.74) is 1.62. The molecule has 0 heterocycles. The molecule has 86 valence electrons. The molecule has 3 nitrogen and oxygen atoms in total. The Morgan fingerprint density at radius 2 is 2.00 bits per heavy atom. The number of nitriles is 1. The molecule has 0 aliphatic heterocycles. The van der Waals surface area contributed by atoms with Crippen LogP contribution in [0, 0.1) is 17.2 Å². The second kappa shape index (κ2) is 4.84. The minimum Gasteiger partial charge on any atom is -0.513 e. The van der Waals surface area contributed by atoms with Crippen LogP contribution in [0.5, 0.6) is 0 Å². The van der Waals surface area contributed by atoms with Crippen molar-refractivity contribution in [3.05, 3.63) is 47.2 Å². The fourth-order valence-corrected chi connectivity index (χ4v) is 1.99. The number of nitrogens with zero attached hydrogens (tertiary/aromatic N) is 1. The van der Waals surface area contributed by atoms with Crippen LogP contribution in [0.1, 0.15) is 24.0 Å². The lowest BCUT2D eigenvalue weighted by Gasteiger charge is -2.17. The van der Waals surface area contributed by atoms with Crippen molar-refractivity contribution in [3.8, 4) is 6.07 Å². The molecule has 0 bridgehead atoms. The summed E-state index contributed by atoms with van der Waals surface area (Å²) in [4.78, 5) is 11.7. The minimum atomic E-state index is -0.225. The Morgan fingerprint density at radius 3 is 2.65 bits per heavy atom. The Bertz CT molecular complexity index is 494. The first-order chi connectivity index (χ1) is 8.19. The van der Waals surface area contributed by atoms with Crippen molar-refractivity contribution in [2.24, 2.45) is 5.92 Å². The average Bonchev–Trinajstić information content (AvgIpc) is 2.35. The van der Waals surface area contributed by atoms with Gasteiger partial charge in [0.2, 0.25) is 0 Å². The van der Waals surface area contributed by atoms with E-state index in [-0.39, 0.29) is 11.7 Å². The van der Waals surface area contributed by atoms with Crippen LogP contribution in [0.25, 0.3) is 0 Å². The van der Waals surface area contributed by atoms with Crippen LogP contribution in [-0.2, 0) is 11.2 Å². The highest BCUT2D eigenvalue weighted by atomic mass is 16.3. The lowest BCUT2D eigenvalue weighted by molar-refractivity contribution is -0.122. The maximum atomic E-state index is 11.7. The number of aliphatic hydroxyl groups is 1. The third-order valence-electron chi connectivity index (χ3n) is 2.97. The fraction of sp³-hybridized carbons (Fsp3) is 0.286. The van der Waals surface area contributed by atoms with Gasteiger partial charge in [-0.15, -0.1) is 0 Å². The third-order valence-corrected chi connectivity index (χ3v) is 2.97. The van der Waals surface area contributed by atoms with Crippen LogP contribution < -0.4 is 0 Å². The molecule has 1 aliphatic rings. The highest BCUT2D eigenvalue weighted by Gasteiger charge is 2.21. The number of ketones is 1. The summed E-state index contributed by atoms with van der Waals surface area (Å²) in [5.74, 6) is 0.257. The number of hydrogen-bond donors (Lipinski definition) is 1. The van der Waals surface area contributed by atoms with Crippen LogP contribution in [0.3, 0.4) is 0 Å². The normalized spacial score (nSPS) is 19.6. The summed E-state index contributed by atoms with van der Waals surface area (Å²) in [6, 6.07) is 9.24. The van der Waals surface area contributed by atoms with Gasteiger partial charge in [0.05, 0.1) is 17.4 Å². The summed E-state index contributed by atoms with van der Waals surface area (Å²) in [7, 11) is 0. The summed E-state index contributed by atoms with van der Waals surface area (Å²) in [5, 5.41) is 18.1. The summed E-state index contributed by atoms with van der Waals surface area (Å²) < 4.78 is 0. The van der Waals surface area contributed by atoms with Crippen molar-refractivity contribution in [2.45, 2.75) is 19.3 Å². The summed E-state index contributed by atoms with van der Waals surface area (Å²) in [6.45, 7) is 0. The molecule has 17 heavy (non-hydrogen) atoms. The van der Waals surface area contributed by atoms with Gasteiger partial charge < -0.3 is 5.11 Å². The number of hydrogen-bond acceptors (Lipinski definition) is 3. The first-order valence-corrected chi connectivity index (χ1v) is 5.60. The Balaban J connectivity index is 2.12. The van der Waals surface area contributed by atoms with E-state index in [4.69, 9.17) is 5.26 Å². The largest absolute Gasteiger partial charge is 0.513 e. The molecule has 1 unspecified atom stereocenters. The van der Waals surface area contributed by atoms with Gasteiger partial charge in [-0.1, -0.05) is 12.1 Å². The van der Waals surface area contributed by atoms with Crippen molar-refractivity contribution in [3.63, 3.8) is 0 Å². The van der Waals surface area contributed by atoms with E-state index in [1.54, 1.807) is 18.2 Å². The molecule has 2 rings (SSSR count). The number of Topliss-reactive ketones (excluding diaryl/α,β-unsaturated/α-hetero) is 1. The topological polar surface area (TPSA) is 61.1 Å². The maximum Gasteiger partial charge on any atom is 0.140 e. The van der Waals surface area contributed by atoms with Gasteiger partial charge in [-0.05, 0) is 30.2 Å². The fourth-order valence-electron chi connectivity index (χ4n) is 1.99. The van der Waals surface area contributed by atoms with Gasteiger partial charge in [0.25, 0.3) is 0 Å². The van der Waals surface area contributed by atoms with Crippen molar-refractivity contribution < 1.29 is 9.90 Å². The predicted octanol–water partition coefficient (Wildman–Crippen LogP) is 2.52. The van der Waals surface area contributed by atoms with Gasteiger partial charge in [0, 0.05) is 18.8 Å². The number of rotatable bonds is 2. The standard InChI is InChI=1S/C14H13NO2/c15-9-11-3-1-10(2-4-11)7-12-8-13(16)5-6-14(12)17/h1-4,8,12,16H,5-7H2. The molecular weight excluding hydrogens is 214 g/mol. The number of benzene rings is 1. The number of allylic oxidation sites excluding steroid dienone is 2. The molecule has 3 heteroatoms. The van der Waals surface area contributed by atoms with Gasteiger partial charge in [-0.2, -0.15) is 5.26 Å². The molecule has 0 aromatic heterocycles. The highest BCUT2D eigenvalue weighted by Crippen LogP contribution is 2.22. The monoisotopic (exact) mass is 227 g/mol. The SMILES string of the molecule is N#Cc1ccc(CC2C=C(O)CCC2=O)cc1. The van der Waals surface area contributed by atoms with Crippen LogP contribution in [0.2, 0.25) is 0 Å². The minimum absolute atomic E-state index is 0.173. The zero-order valence-corrected chi connectivity index (χ0v) is 9.39. The van der Waals surface area contributed by atoms with E-state index in [9.17, 15) is 9.90 Å². The van der Waals surface area contributed by atoms with Crippen LogP contribution in [-0.4, -0.2) is 10.9 Å². The molecule has 0 radical (unpaired) electrons. The molecule has 1 N–H and O–H groups in total. The second-order valence-corrected chi connectivity index (χ2v) is 4.24. The van der Waals surface area contributed by atoms with Gasteiger partial charge in [-0.3, -0.25) is 4.79 Å². The summed E-state index contributed by atoms with van der Waals surface area (Å²) >= 11 is 0. The molecule has 0 saturated carbocycles. The molecular formula is C14H13NO2. The first-order valence-electron chi connectivity index (χ1n) is 5.60. The average molecular weight is 227 g/mol. The van der Waals surface area contributed by atoms with E-state index < -0.39 is 0 Å². The predicted molar refractivity (Wildman–Crippen MR) is 63.3 cm³/mol. The molecule has 0 fully saturated rings. The van der Waals surface area contributed by atoms with E-state index in [1.165, 1.54) is 0 Å². The lowest BCUT2D eigenvalue weighted by Crippen LogP contribution is -2.19. The van der Waals surface area contributed by atoms with Crippen molar-refractivity contribution in [2.75, 3.05) is 0 Å². The molecule has 1 atom stereocenters. The molecule has 1 aromatic carbocycles. The molecule has 1 aliphatic carbocycles. The van der Waals surface area contributed by atoms with E-state index >= 15 is 0 Å². The zero-order valence-electron chi connectivity index (χ0n) is 9.39. The van der Waals surface area contributed by atoms with Gasteiger partial charge >= 0.3 is 0 Å². The van der Waals surface area contributed by atoms with E-state index in [2.05, 4.69) is 6.07 Å². The van der Waals surface area contributed by atoms with Gasteiger partial charge in [0.1, 0.15) is 5.78 Å². The zero-order chi connectivity index (χ0) is 12.3. The Hall–Kier alpha value is -2.08. The lowest BCUT2D eigenvalue weighted by atomic mass is 9.88. The Kier molecular flexibility index (Phi) is 3.24. The number of aliphatic hydroxyl groups excluding tert-OH is 1. The molecule has 0 spiro atoms. The van der Waals surface area contributed by atoms with E-state index in [0.717, 1.165) is 5.56 Å². The smallest absolute Gasteiger partial charge is 0.140 e. The van der Waals surface area contributed by atoms with Crippen molar-refractivity contribution >= 4 is 5.78 Å². The van der Waals surface area contributed by atoms with Gasteiger partial charge in [-0.25, -0.2) is 0 Å². The molecule has 1 aromatic rings. The highest BCUT2D eigenvalue weighted by molar-refractivity contribution is 5.84. The van der Waals surface area contributed by atoms with Crippen LogP contribution in [0.4, 0.5) is 0 Å². The number of carbonyl (C=O) groups excluding carboxylic acids is 1. The second-order valence-electron chi connectivity index (χ2n) is 4.24. The van der Waals surface area contributed by atoms with Crippen molar-refractivity contribution in [1.82, 2.24) is 0 Å². The van der Waals surface area contributed by atoms with Crippen molar-refractivity contribution in [1.29, 1.82) is 5.26 Å². The van der Waals surface area contributed by atoms with Crippen LogP contribution >= 0.6 is 0 Å². The third kappa shape index (κ3) is 2.73. The Labute approximate surface area is 100 Å². The molecule has 0 saturated heterocycles. The van der Waals surface area contributed by atoms with Gasteiger partial charge in [0.15, 0.2) is 0 Å². The summed E-state index contributed by atoms with van der Waals surface area (Å²) in [6.07, 6.45) is 3.12. The first kappa shape index (κ1) is 11.4. The number of carbonyl (C=O) groups is 1. The van der Waals surface area contributed by atoms with Crippen LogP contribution in [0.15, 0.2) is 36.1 Å².